The Morgan fingerprint density at radius 1 is 0.920 bits per heavy atom. The molecule has 0 aliphatic heterocycles. The normalized spacial score (nSPS) is 11.9. The van der Waals surface area contributed by atoms with Crippen LogP contribution < -0.4 is 5.73 Å². The lowest BCUT2D eigenvalue weighted by Gasteiger charge is -2.12. The summed E-state index contributed by atoms with van der Waals surface area (Å²) in [4.78, 5) is 12.8. The van der Waals surface area contributed by atoms with Crippen molar-refractivity contribution >= 4 is 22.3 Å². The number of carbonyl (C=O) groups excluding carboxylic acids is 1. The van der Waals surface area contributed by atoms with Gasteiger partial charge in [-0.05, 0) is 28.7 Å². The third-order valence-electron chi connectivity index (χ3n) is 4.30. The zero-order valence-electron chi connectivity index (χ0n) is 14.7. The van der Waals surface area contributed by atoms with E-state index in [1.807, 2.05) is 60.7 Å². The molecule has 3 aromatic rings. The van der Waals surface area contributed by atoms with Crippen molar-refractivity contribution in [1.29, 1.82) is 0 Å². The van der Waals surface area contributed by atoms with Crippen LogP contribution in [0.2, 0.25) is 0 Å². The van der Waals surface area contributed by atoms with Crippen LogP contribution in [-0.2, 0) is 6.42 Å². The molecule has 126 valence electrons. The lowest BCUT2D eigenvalue weighted by Crippen LogP contribution is -2.06. The van der Waals surface area contributed by atoms with Gasteiger partial charge in [0.25, 0.3) is 0 Å². The zero-order chi connectivity index (χ0) is 17.8. The Bertz CT molecular complexity index is 932. The third-order valence-corrected chi connectivity index (χ3v) is 4.30. The molecule has 2 heteroatoms. The average Bonchev–Trinajstić information content (AvgIpc) is 2.61. The van der Waals surface area contributed by atoms with E-state index in [1.165, 1.54) is 5.56 Å². The lowest BCUT2D eigenvalue weighted by molar-refractivity contribution is 0.104. The van der Waals surface area contributed by atoms with Gasteiger partial charge in [0.2, 0.25) is 0 Å². The van der Waals surface area contributed by atoms with Gasteiger partial charge in [0, 0.05) is 22.9 Å². The highest BCUT2D eigenvalue weighted by molar-refractivity contribution is 6.15. The Kier molecular flexibility index (Phi) is 4.99. The first-order valence-corrected chi connectivity index (χ1v) is 8.64. The number of rotatable bonds is 5. The van der Waals surface area contributed by atoms with Crippen LogP contribution in [0.25, 0.3) is 16.5 Å². The van der Waals surface area contributed by atoms with E-state index in [1.54, 1.807) is 6.08 Å². The molecule has 0 bridgehead atoms. The van der Waals surface area contributed by atoms with Gasteiger partial charge in [-0.1, -0.05) is 80.6 Å². The van der Waals surface area contributed by atoms with Gasteiger partial charge in [-0.2, -0.15) is 0 Å². The van der Waals surface area contributed by atoms with E-state index in [2.05, 4.69) is 19.9 Å². The Morgan fingerprint density at radius 2 is 1.56 bits per heavy atom. The molecule has 0 spiro atoms. The summed E-state index contributed by atoms with van der Waals surface area (Å²) in [5.74, 6) is 0.469. The van der Waals surface area contributed by atoms with Crippen molar-refractivity contribution < 1.29 is 4.79 Å². The van der Waals surface area contributed by atoms with Gasteiger partial charge >= 0.3 is 0 Å². The van der Waals surface area contributed by atoms with Crippen molar-refractivity contribution in [2.24, 2.45) is 11.7 Å². The highest BCUT2D eigenvalue weighted by atomic mass is 16.1. The number of benzene rings is 3. The summed E-state index contributed by atoms with van der Waals surface area (Å²) in [6, 6.07) is 21.7. The standard InChI is InChI=1S/C23H23NO/c1-16(2)14-18-9-4-6-12-20(18)22(24)15-23(25)21-13-7-10-17-8-3-5-11-19(17)21/h3-13,15-16H,14,24H2,1-2H3/b22-15-. The number of nitrogens with two attached hydrogens (primary N) is 1. The molecule has 0 aromatic heterocycles. The molecule has 0 radical (unpaired) electrons. The molecular formula is C23H23NO. The van der Waals surface area contributed by atoms with Gasteiger partial charge in [0.15, 0.2) is 5.78 Å². The summed E-state index contributed by atoms with van der Waals surface area (Å²) in [5, 5.41) is 2.01. The number of carbonyl (C=O) groups is 1. The number of allylic oxidation sites excluding steroid dienone is 1. The minimum Gasteiger partial charge on any atom is -0.398 e. The van der Waals surface area contributed by atoms with Crippen LogP contribution in [0, 0.1) is 5.92 Å². The topological polar surface area (TPSA) is 43.1 Å². The fourth-order valence-corrected chi connectivity index (χ4v) is 3.16. The van der Waals surface area contributed by atoms with Crippen LogP contribution in [0.4, 0.5) is 0 Å². The fraction of sp³-hybridized carbons (Fsp3) is 0.174. The van der Waals surface area contributed by atoms with Crippen molar-refractivity contribution in [2.75, 3.05) is 0 Å². The minimum atomic E-state index is -0.0614. The van der Waals surface area contributed by atoms with Gasteiger partial charge in [0.1, 0.15) is 0 Å². The van der Waals surface area contributed by atoms with E-state index in [0.29, 0.717) is 17.2 Å². The van der Waals surface area contributed by atoms with Gasteiger partial charge in [-0.3, -0.25) is 4.79 Å². The van der Waals surface area contributed by atoms with E-state index in [4.69, 9.17) is 5.73 Å². The molecular weight excluding hydrogens is 306 g/mol. The van der Waals surface area contributed by atoms with Crippen LogP contribution in [0.3, 0.4) is 0 Å². The van der Waals surface area contributed by atoms with E-state index >= 15 is 0 Å². The molecule has 25 heavy (non-hydrogen) atoms. The molecule has 0 heterocycles. The van der Waals surface area contributed by atoms with Crippen LogP contribution >= 0.6 is 0 Å². The molecule has 3 rings (SSSR count). The van der Waals surface area contributed by atoms with Crippen LogP contribution in [0.5, 0.6) is 0 Å². The molecule has 0 unspecified atom stereocenters. The van der Waals surface area contributed by atoms with Crippen molar-refractivity contribution in [1.82, 2.24) is 0 Å². The van der Waals surface area contributed by atoms with E-state index in [0.717, 1.165) is 22.8 Å². The fourth-order valence-electron chi connectivity index (χ4n) is 3.16. The summed E-state index contributed by atoms with van der Waals surface area (Å²) in [7, 11) is 0. The number of ketones is 1. The largest absolute Gasteiger partial charge is 0.398 e. The summed E-state index contributed by atoms with van der Waals surface area (Å²) < 4.78 is 0. The third kappa shape index (κ3) is 3.80. The molecule has 0 saturated heterocycles. The van der Waals surface area contributed by atoms with Gasteiger partial charge < -0.3 is 5.73 Å². The maximum Gasteiger partial charge on any atom is 0.188 e. The van der Waals surface area contributed by atoms with E-state index in [-0.39, 0.29) is 5.78 Å². The smallest absolute Gasteiger partial charge is 0.188 e. The number of fused-ring (bicyclic) bond motifs is 1. The summed E-state index contributed by atoms with van der Waals surface area (Å²) in [6.45, 7) is 4.36. The Hall–Kier alpha value is -2.87. The second-order valence-corrected chi connectivity index (χ2v) is 6.75. The van der Waals surface area contributed by atoms with Crippen LogP contribution in [0.1, 0.15) is 35.3 Å². The molecule has 0 atom stereocenters. The van der Waals surface area contributed by atoms with Gasteiger partial charge in [0.05, 0.1) is 0 Å². The second kappa shape index (κ2) is 7.35. The number of hydrogen-bond acceptors (Lipinski definition) is 2. The highest BCUT2D eigenvalue weighted by Gasteiger charge is 2.11. The maximum atomic E-state index is 12.8. The molecule has 0 fully saturated rings. The molecule has 0 saturated carbocycles. The predicted octanol–water partition coefficient (Wildman–Crippen LogP) is 5.22. The van der Waals surface area contributed by atoms with Gasteiger partial charge in [-0.15, -0.1) is 0 Å². The summed E-state index contributed by atoms with van der Waals surface area (Å²) in [5.41, 5.74) is 9.63. The van der Waals surface area contributed by atoms with Crippen molar-refractivity contribution in [3.05, 3.63) is 89.5 Å². The molecule has 0 aliphatic carbocycles. The SMILES string of the molecule is CC(C)Cc1ccccc1/C(N)=C/C(=O)c1cccc2ccccc12. The van der Waals surface area contributed by atoms with E-state index < -0.39 is 0 Å². The summed E-state index contributed by atoms with van der Waals surface area (Å²) in [6.07, 6.45) is 2.49. The molecule has 2 N–H and O–H groups in total. The summed E-state index contributed by atoms with van der Waals surface area (Å²) >= 11 is 0. The van der Waals surface area contributed by atoms with E-state index in [9.17, 15) is 4.79 Å². The first-order chi connectivity index (χ1) is 12.1. The Labute approximate surface area is 149 Å². The Balaban J connectivity index is 1.99. The molecule has 2 nitrogen and oxygen atoms in total. The minimum absolute atomic E-state index is 0.0614. The van der Waals surface area contributed by atoms with Crippen LogP contribution in [-0.4, -0.2) is 5.78 Å². The first-order valence-electron chi connectivity index (χ1n) is 8.64. The van der Waals surface area contributed by atoms with Crippen LogP contribution in [0.15, 0.2) is 72.8 Å². The van der Waals surface area contributed by atoms with Gasteiger partial charge in [-0.25, -0.2) is 0 Å². The van der Waals surface area contributed by atoms with Crippen molar-refractivity contribution in [3.63, 3.8) is 0 Å². The maximum absolute atomic E-state index is 12.8. The molecule has 3 aromatic carbocycles. The monoisotopic (exact) mass is 329 g/mol. The lowest BCUT2D eigenvalue weighted by atomic mass is 9.95. The van der Waals surface area contributed by atoms with Crippen molar-refractivity contribution in [2.45, 2.75) is 20.3 Å². The number of hydrogen-bond donors (Lipinski definition) is 1. The zero-order valence-corrected chi connectivity index (χ0v) is 14.7. The first kappa shape index (κ1) is 17.0. The second-order valence-electron chi connectivity index (χ2n) is 6.75. The quantitative estimate of drug-likeness (QED) is 0.515. The molecule has 0 amide bonds. The predicted molar refractivity (Wildman–Crippen MR) is 105 cm³/mol. The van der Waals surface area contributed by atoms with Crippen molar-refractivity contribution in [3.8, 4) is 0 Å². The Morgan fingerprint density at radius 3 is 2.36 bits per heavy atom. The average molecular weight is 329 g/mol. The highest BCUT2D eigenvalue weighted by Crippen LogP contribution is 2.22. The molecule has 0 aliphatic rings.